The highest BCUT2D eigenvalue weighted by molar-refractivity contribution is 6.36. The van der Waals surface area contributed by atoms with Crippen LogP contribution in [0.15, 0.2) is 0 Å². The second-order valence-electron chi connectivity index (χ2n) is 2.39. The first kappa shape index (κ1) is 12.6. The number of aliphatic hydroxyl groups is 1. The zero-order chi connectivity index (χ0) is 11.0. The van der Waals surface area contributed by atoms with Crippen LogP contribution in [0.2, 0.25) is 0 Å². The Morgan fingerprint density at radius 2 is 2.00 bits per heavy atom. The fourth-order valence-corrected chi connectivity index (χ4v) is 0.687. The van der Waals surface area contributed by atoms with E-state index < -0.39 is 24.1 Å². The Morgan fingerprint density at radius 1 is 1.36 bits per heavy atom. The molecule has 0 aromatic rings. The number of hydrogen-bond acceptors (Lipinski definition) is 5. The van der Waals surface area contributed by atoms with Crippen LogP contribution in [-0.4, -0.2) is 42.5 Å². The third-order valence-electron chi connectivity index (χ3n) is 1.26. The van der Waals surface area contributed by atoms with E-state index in [1.807, 2.05) is 0 Å². The molecular formula is C8H13NO5. The van der Waals surface area contributed by atoms with Gasteiger partial charge in [-0.05, 0) is 6.92 Å². The van der Waals surface area contributed by atoms with E-state index in [0.717, 1.165) is 0 Å². The summed E-state index contributed by atoms with van der Waals surface area (Å²) >= 11 is 0. The average molecular weight is 203 g/mol. The quantitative estimate of drug-likeness (QED) is 0.315. The maximum atomic E-state index is 10.9. The Balaban J connectivity index is 3.81. The minimum absolute atomic E-state index is 0.0644. The molecule has 0 spiro atoms. The van der Waals surface area contributed by atoms with Crippen LogP contribution in [0.3, 0.4) is 0 Å². The number of carbonyl (C=O) groups excluding carboxylic acids is 3. The summed E-state index contributed by atoms with van der Waals surface area (Å²) in [5.41, 5.74) is 0. The molecule has 6 nitrogen and oxygen atoms in total. The van der Waals surface area contributed by atoms with Crippen molar-refractivity contribution in [3.63, 3.8) is 0 Å². The molecule has 1 amide bonds. The lowest BCUT2D eigenvalue weighted by atomic mass is 10.3. The molecule has 0 heterocycles. The molecule has 0 unspecified atom stereocenters. The van der Waals surface area contributed by atoms with Crippen molar-refractivity contribution in [1.29, 1.82) is 0 Å². The fraction of sp³-hybridized carbons (Fsp3) is 0.625. The van der Waals surface area contributed by atoms with Gasteiger partial charge in [-0.3, -0.25) is 9.59 Å². The van der Waals surface area contributed by atoms with Gasteiger partial charge in [-0.2, -0.15) is 0 Å². The molecule has 0 aliphatic rings. The van der Waals surface area contributed by atoms with Crippen LogP contribution in [0.5, 0.6) is 0 Å². The van der Waals surface area contributed by atoms with E-state index in [1.54, 1.807) is 6.92 Å². The Morgan fingerprint density at radius 3 is 2.50 bits per heavy atom. The number of amides is 1. The first-order valence-electron chi connectivity index (χ1n) is 4.19. The predicted octanol–water partition coefficient (Wildman–Crippen LogP) is -1.38. The number of ether oxygens (including phenoxy) is 1. The second-order valence-corrected chi connectivity index (χ2v) is 2.39. The van der Waals surface area contributed by atoms with Crippen molar-refractivity contribution >= 4 is 17.7 Å². The van der Waals surface area contributed by atoms with Gasteiger partial charge < -0.3 is 15.2 Å². The monoisotopic (exact) mass is 203 g/mol. The number of carbonyl (C=O) groups is 3. The highest BCUT2D eigenvalue weighted by atomic mass is 16.5. The van der Waals surface area contributed by atoms with E-state index in [-0.39, 0.29) is 19.8 Å². The summed E-state index contributed by atoms with van der Waals surface area (Å²) in [4.78, 5) is 32.5. The number of esters is 1. The molecule has 0 aliphatic carbocycles. The number of hydrogen-bond donors (Lipinski definition) is 2. The first-order chi connectivity index (χ1) is 6.61. The highest BCUT2D eigenvalue weighted by Gasteiger charge is 2.18. The molecular weight excluding hydrogens is 190 g/mol. The van der Waals surface area contributed by atoms with Crippen molar-refractivity contribution in [2.45, 2.75) is 13.3 Å². The van der Waals surface area contributed by atoms with Gasteiger partial charge in [-0.1, -0.05) is 0 Å². The Bertz CT molecular complexity index is 226. The van der Waals surface area contributed by atoms with Gasteiger partial charge >= 0.3 is 5.97 Å². The standard InChI is InChI=1S/C8H13NO5/c1-2-14-8(13)6(11)5-7(12)9-3-4-10/h10H,2-5H2,1H3,(H,9,12). The van der Waals surface area contributed by atoms with Gasteiger partial charge in [-0.15, -0.1) is 0 Å². The van der Waals surface area contributed by atoms with Gasteiger partial charge in [0.2, 0.25) is 11.7 Å². The zero-order valence-corrected chi connectivity index (χ0v) is 7.91. The molecule has 0 saturated heterocycles. The normalized spacial score (nSPS) is 9.29. The van der Waals surface area contributed by atoms with Crippen LogP contribution in [0.4, 0.5) is 0 Å². The van der Waals surface area contributed by atoms with Gasteiger partial charge in [0, 0.05) is 6.54 Å². The average Bonchev–Trinajstić information content (AvgIpc) is 2.15. The molecule has 14 heavy (non-hydrogen) atoms. The lowest BCUT2D eigenvalue weighted by Crippen LogP contribution is -2.31. The molecule has 6 heteroatoms. The molecule has 0 aromatic carbocycles. The van der Waals surface area contributed by atoms with Gasteiger partial charge in [0.25, 0.3) is 0 Å². The summed E-state index contributed by atoms with van der Waals surface area (Å²) in [5, 5.41) is 10.6. The van der Waals surface area contributed by atoms with Crippen LogP contribution in [0.25, 0.3) is 0 Å². The van der Waals surface area contributed by atoms with Crippen molar-refractivity contribution in [3.05, 3.63) is 0 Å². The SMILES string of the molecule is CCOC(=O)C(=O)CC(=O)NCCO. The van der Waals surface area contributed by atoms with E-state index >= 15 is 0 Å². The fourth-order valence-electron chi connectivity index (χ4n) is 0.687. The molecule has 0 rings (SSSR count). The third-order valence-corrected chi connectivity index (χ3v) is 1.26. The summed E-state index contributed by atoms with van der Waals surface area (Å²) < 4.78 is 4.39. The lowest BCUT2D eigenvalue weighted by Gasteiger charge is -2.02. The number of rotatable bonds is 6. The van der Waals surface area contributed by atoms with Gasteiger partial charge in [-0.25, -0.2) is 4.79 Å². The minimum atomic E-state index is -1.01. The Kier molecular flexibility index (Phi) is 6.30. The van der Waals surface area contributed by atoms with Crippen molar-refractivity contribution in [2.75, 3.05) is 19.8 Å². The third kappa shape index (κ3) is 5.26. The lowest BCUT2D eigenvalue weighted by molar-refractivity contribution is -0.154. The van der Waals surface area contributed by atoms with Crippen LogP contribution in [0.1, 0.15) is 13.3 Å². The molecule has 0 saturated carbocycles. The summed E-state index contributed by atoms with van der Waals surface area (Å²) in [6.07, 6.45) is -0.543. The molecule has 0 radical (unpaired) electrons. The van der Waals surface area contributed by atoms with E-state index in [0.29, 0.717) is 0 Å². The summed E-state index contributed by atoms with van der Waals surface area (Å²) in [6.45, 7) is 1.52. The van der Waals surface area contributed by atoms with Gasteiger partial charge in [0.15, 0.2) is 0 Å². The minimum Gasteiger partial charge on any atom is -0.460 e. The van der Waals surface area contributed by atoms with E-state index in [4.69, 9.17) is 5.11 Å². The summed E-state index contributed by atoms with van der Waals surface area (Å²) in [7, 11) is 0. The maximum absolute atomic E-state index is 10.9. The largest absolute Gasteiger partial charge is 0.460 e. The molecule has 80 valence electrons. The first-order valence-corrected chi connectivity index (χ1v) is 4.19. The van der Waals surface area contributed by atoms with Crippen LogP contribution in [-0.2, 0) is 19.1 Å². The zero-order valence-electron chi connectivity index (χ0n) is 7.91. The number of nitrogens with one attached hydrogen (secondary N) is 1. The molecule has 0 aromatic heterocycles. The molecule has 2 N–H and O–H groups in total. The van der Waals surface area contributed by atoms with Crippen molar-refractivity contribution < 1.29 is 24.2 Å². The predicted molar refractivity (Wildman–Crippen MR) is 46.4 cm³/mol. The van der Waals surface area contributed by atoms with E-state index in [9.17, 15) is 14.4 Å². The Labute approximate surface area is 81.2 Å². The number of ketones is 1. The van der Waals surface area contributed by atoms with Crippen LogP contribution in [0, 0.1) is 0 Å². The maximum Gasteiger partial charge on any atom is 0.375 e. The van der Waals surface area contributed by atoms with Crippen molar-refractivity contribution in [2.24, 2.45) is 0 Å². The number of aliphatic hydroxyl groups excluding tert-OH is 1. The highest BCUT2D eigenvalue weighted by Crippen LogP contribution is 1.88. The van der Waals surface area contributed by atoms with Gasteiger partial charge in [0.1, 0.15) is 0 Å². The summed E-state index contributed by atoms with van der Waals surface area (Å²) in [5.74, 6) is -2.49. The van der Waals surface area contributed by atoms with Crippen molar-refractivity contribution in [3.8, 4) is 0 Å². The molecule has 0 fully saturated rings. The topological polar surface area (TPSA) is 92.7 Å². The van der Waals surface area contributed by atoms with Gasteiger partial charge in [0.05, 0.1) is 19.6 Å². The Hall–Kier alpha value is -1.43. The van der Waals surface area contributed by atoms with Crippen LogP contribution < -0.4 is 5.32 Å². The van der Waals surface area contributed by atoms with E-state index in [1.165, 1.54) is 0 Å². The smallest absolute Gasteiger partial charge is 0.375 e. The molecule has 0 atom stereocenters. The van der Waals surface area contributed by atoms with E-state index in [2.05, 4.69) is 10.1 Å². The van der Waals surface area contributed by atoms with Crippen molar-refractivity contribution in [1.82, 2.24) is 5.32 Å². The second kappa shape index (κ2) is 7.02. The number of Topliss-reactive ketones (excluding diaryl/α,β-unsaturated/α-hetero) is 1. The van der Waals surface area contributed by atoms with Crippen LogP contribution >= 0.6 is 0 Å². The molecule has 0 bridgehead atoms. The molecule has 0 aliphatic heterocycles. The summed E-state index contributed by atoms with van der Waals surface area (Å²) in [6, 6.07) is 0.